The Morgan fingerprint density at radius 2 is 2.00 bits per heavy atom. The topological polar surface area (TPSA) is 71.6 Å². The number of rotatable bonds is 4. The number of aromatic nitrogens is 1. The molecule has 5 nitrogen and oxygen atoms in total. The van der Waals surface area contributed by atoms with Crippen molar-refractivity contribution in [2.75, 3.05) is 7.05 Å². The Bertz CT molecular complexity index is 1130. The number of guanidine groups is 1. The number of halogens is 3. The summed E-state index contributed by atoms with van der Waals surface area (Å²) in [6, 6.07) is 8.01. The molecule has 2 N–H and O–H groups in total. The monoisotopic (exact) mass is 416 g/mol. The highest BCUT2D eigenvalue weighted by molar-refractivity contribution is 7.08. The second-order valence-corrected chi connectivity index (χ2v) is 7.30. The Morgan fingerprint density at radius 1 is 1.21 bits per heavy atom. The van der Waals surface area contributed by atoms with Crippen LogP contribution in [0.4, 0.5) is 13.2 Å². The summed E-state index contributed by atoms with van der Waals surface area (Å²) in [4.78, 5) is 22.7. The molecule has 1 amide bonds. The zero-order valence-electron chi connectivity index (χ0n) is 15.2. The van der Waals surface area contributed by atoms with Gasteiger partial charge in [-0.15, -0.1) is 0 Å². The van der Waals surface area contributed by atoms with Gasteiger partial charge in [-0.1, -0.05) is 6.07 Å². The van der Waals surface area contributed by atoms with E-state index < -0.39 is 29.8 Å². The molecule has 1 aliphatic rings. The minimum absolute atomic E-state index is 0.00623. The molecular formula is C20H15F3N4OS. The predicted octanol–water partition coefficient (Wildman–Crippen LogP) is 3.59. The molecule has 1 atom stereocenters. The van der Waals surface area contributed by atoms with E-state index in [4.69, 9.17) is 5.73 Å². The van der Waals surface area contributed by atoms with Crippen LogP contribution in [0.15, 0.2) is 52.2 Å². The van der Waals surface area contributed by atoms with Crippen molar-refractivity contribution in [1.29, 1.82) is 0 Å². The molecule has 148 valence electrons. The van der Waals surface area contributed by atoms with E-state index >= 15 is 4.39 Å². The summed E-state index contributed by atoms with van der Waals surface area (Å²) >= 11 is 1.35. The summed E-state index contributed by atoms with van der Waals surface area (Å²) in [5, 5.41) is 3.46. The molecular weight excluding hydrogens is 401 g/mol. The highest BCUT2D eigenvalue weighted by Crippen LogP contribution is 2.42. The minimum Gasteiger partial charge on any atom is -0.369 e. The van der Waals surface area contributed by atoms with Gasteiger partial charge in [-0.05, 0) is 40.6 Å². The molecule has 0 saturated carbocycles. The number of nitrogens with zero attached hydrogens (tertiary/aromatic N) is 3. The number of carbonyl (C=O) groups is 1. The fourth-order valence-electron chi connectivity index (χ4n) is 3.34. The van der Waals surface area contributed by atoms with Crippen LogP contribution in [0.25, 0.3) is 11.1 Å². The number of benzene rings is 1. The fourth-order valence-corrected chi connectivity index (χ4v) is 4.00. The van der Waals surface area contributed by atoms with E-state index in [-0.39, 0.29) is 28.5 Å². The van der Waals surface area contributed by atoms with E-state index in [0.717, 1.165) is 4.90 Å². The standard InChI is InChI=1S/C20H15F3N4OS/c1-27-18(28)20(26-19(27)24,17-4-2-3-12(9-21)25-17)14-7-13(11-5-6-29-10-11)15(22)8-16(14)23/h2-8,10H,9H2,1H3,(H2,24,26). The molecule has 0 fully saturated rings. The first kappa shape index (κ1) is 19.1. The lowest BCUT2D eigenvalue weighted by Crippen LogP contribution is -2.42. The molecule has 3 aromatic rings. The SMILES string of the molecule is CN1C(=O)C(c2cccc(CF)n2)(c2cc(-c3ccsc3)c(F)cc2F)N=C1N. The Morgan fingerprint density at radius 3 is 2.62 bits per heavy atom. The molecule has 0 saturated heterocycles. The number of thiophene rings is 1. The van der Waals surface area contributed by atoms with Crippen LogP contribution in [-0.2, 0) is 17.0 Å². The van der Waals surface area contributed by atoms with E-state index in [1.54, 1.807) is 16.8 Å². The van der Waals surface area contributed by atoms with Gasteiger partial charge in [-0.25, -0.2) is 18.2 Å². The molecule has 0 aliphatic carbocycles. The van der Waals surface area contributed by atoms with Crippen molar-refractivity contribution in [3.8, 4) is 11.1 Å². The van der Waals surface area contributed by atoms with Crippen molar-refractivity contribution in [1.82, 2.24) is 9.88 Å². The summed E-state index contributed by atoms with van der Waals surface area (Å²) in [6.07, 6.45) is 0. The van der Waals surface area contributed by atoms with Crippen molar-refractivity contribution in [2.24, 2.45) is 10.7 Å². The van der Waals surface area contributed by atoms with Crippen LogP contribution in [0.2, 0.25) is 0 Å². The maximum Gasteiger partial charge on any atom is 0.268 e. The largest absolute Gasteiger partial charge is 0.369 e. The smallest absolute Gasteiger partial charge is 0.268 e. The van der Waals surface area contributed by atoms with Crippen molar-refractivity contribution in [2.45, 2.75) is 12.2 Å². The Balaban J connectivity index is 2.04. The molecule has 9 heteroatoms. The lowest BCUT2D eigenvalue weighted by Gasteiger charge is -2.26. The summed E-state index contributed by atoms with van der Waals surface area (Å²) in [6.45, 7) is -0.876. The quantitative estimate of drug-likeness (QED) is 0.707. The van der Waals surface area contributed by atoms with E-state index in [0.29, 0.717) is 11.6 Å². The van der Waals surface area contributed by atoms with Crippen molar-refractivity contribution >= 4 is 23.2 Å². The van der Waals surface area contributed by atoms with E-state index in [1.165, 1.54) is 42.6 Å². The van der Waals surface area contributed by atoms with Gasteiger partial charge in [-0.3, -0.25) is 14.7 Å². The van der Waals surface area contributed by atoms with E-state index in [1.807, 2.05) is 0 Å². The summed E-state index contributed by atoms with van der Waals surface area (Å²) in [5.41, 5.74) is 4.38. The third kappa shape index (κ3) is 2.89. The van der Waals surface area contributed by atoms with Gasteiger partial charge in [0.2, 0.25) is 5.54 Å². The average Bonchev–Trinajstić information content (AvgIpc) is 3.32. The third-order valence-corrected chi connectivity index (χ3v) is 5.52. The number of nitrogens with two attached hydrogens (primary N) is 1. The first-order valence-electron chi connectivity index (χ1n) is 8.56. The fraction of sp³-hybridized carbons (Fsp3) is 0.150. The number of pyridine rings is 1. The highest BCUT2D eigenvalue weighted by atomic mass is 32.1. The maximum atomic E-state index is 15.0. The molecule has 0 spiro atoms. The molecule has 0 bridgehead atoms. The second-order valence-electron chi connectivity index (χ2n) is 6.52. The minimum atomic E-state index is -1.98. The Labute approximate surface area is 168 Å². The number of aliphatic imine (C=N–C) groups is 1. The van der Waals surface area contributed by atoms with Gasteiger partial charge in [0, 0.05) is 24.2 Å². The number of carbonyl (C=O) groups excluding carboxylic acids is 1. The predicted molar refractivity (Wildman–Crippen MR) is 104 cm³/mol. The molecule has 4 rings (SSSR count). The summed E-state index contributed by atoms with van der Waals surface area (Å²) in [5.74, 6) is -2.57. The first-order valence-corrected chi connectivity index (χ1v) is 9.50. The average molecular weight is 416 g/mol. The molecule has 0 radical (unpaired) electrons. The zero-order chi connectivity index (χ0) is 20.8. The number of likely N-dealkylation sites (N-methyl/N-ethyl adjacent to an activating group) is 1. The van der Waals surface area contributed by atoms with Gasteiger partial charge >= 0.3 is 0 Å². The molecule has 29 heavy (non-hydrogen) atoms. The summed E-state index contributed by atoms with van der Waals surface area (Å²) in [7, 11) is 1.39. The molecule has 3 heterocycles. The van der Waals surface area contributed by atoms with Gasteiger partial charge in [0.05, 0.1) is 11.4 Å². The lowest BCUT2D eigenvalue weighted by molar-refractivity contribution is -0.129. The first-order chi connectivity index (χ1) is 13.9. The van der Waals surface area contributed by atoms with Gasteiger partial charge in [-0.2, -0.15) is 11.3 Å². The van der Waals surface area contributed by atoms with Crippen molar-refractivity contribution < 1.29 is 18.0 Å². The maximum absolute atomic E-state index is 15.0. The van der Waals surface area contributed by atoms with E-state index in [2.05, 4.69) is 9.98 Å². The van der Waals surface area contributed by atoms with Crippen LogP contribution in [0.1, 0.15) is 17.0 Å². The number of amides is 1. The van der Waals surface area contributed by atoms with Crippen molar-refractivity contribution in [3.05, 3.63) is 75.7 Å². The van der Waals surface area contributed by atoms with Crippen LogP contribution in [0, 0.1) is 11.6 Å². The number of alkyl halides is 1. The van der Waals surface area contributed by atoms with Crippen LogP contribution < -0.4 is 5.73 Å². The third-order valence-electron chi connectivity index (χ3n) is 4.83. The van der Waals surface area contributed by atoms with E-state index in [9.17, 15) is 13.6 Å². The summed E-state index contributed by atoms with van der Waals surface area (Å²) < 4.78 is 42.8. The van der Waals surface area contributed by atoms with Crippen LogP contribution >= 0.6 is 11.3 Å². The van der Waals surface area contributed by atoms with Crippen LogP contribution in [0.5, 0.6) is 0 Å². The normalized spacial score (nSPS) is 19.0. The van der Waals surface area contributed by atoms with Crippen LogP contribution in [-0.4, -0.2) is 28.8 Å². The Kier molecular flexibility index (Phi) is 4.62. The second kappa shape index (κ2) is 7.00. The molecule has 1 aromatic carbocycles. The highest BCUT2D eigenvalue weighted by Gasteiger charge is 2.52. The van der Waals surface area contributed by atoms with Gasteiger partial charge in [0.25, 0.3) is 5.91 Å². The van der Waals surface area contributed by atoms with Gasteiger partial charge in [0.15, 0.2) is 5.96 Å². The number of hydrogen-bond donors (Lipinski definition) is 1. The Hall–Kier alpha value is -3.20. The van der Waals surface area contributed by atoms with Gasteiger partial charge < -0.3 is 5.73 Å². The lowest BCUT2D eigenvalue weighted by atomic mass is 9.84. The van der Waals surface area contributed by atoms with Crippen LogP contribution in [0.3, 0.4) is 0 Å². The molecule has 1 unspecified atom stereocenters. The zero-order valence-corrected chi connectivity index (χ0v) is 16.0. The number of hydrogen-bond acceptors (Lipinski definition) is 5. The van der Waals surface area contributed by atoms with Gasteiger partial charge in [0.1, 0.15) is 18.3 Å². The molecule has 2 aromatic heterocycles. The molecule has 1 aliphatic heterocycles. The van der Waals surface area contributed by atoms with Crippen molar-refractivity contribution in [3.63, 3.8) is 0 Å².